The van der Waals surface area contributed by atoms with Gasteiger partial charge in [-0.05, 0) is 56.4 Å². The lowest BCUT2D eigenvalue weighted by molar-refractivity contribution is -0.141. The topological polar surface area (TPSA) is 97.4 Å². The van der Waals surface area contributed by atoms with Crippen LogP contribution in [-0.4, -0.2) is 45.9 Å². The summed E-state index contributed by atoms with van der Waals surface area (Å²) < 4.78 is 46.9. The van der Waals surface area contributed by atoms with Crippen molar-refractivity contribution >= 4 is 17.6 Å². The highest BCUT2D eigenvalue weighted by Gasteiger charge is 2.39. The van der Waals surface area contributed by atoms with Crippen molar-refractivity contribution in [1.82, 2.24) is 20.0 Å². The number of amides is 2. The summed E-state index contributed by atoms with van der Waals surface area (Å²) in [7, 11) is 1.74. The molecule has 1 aliphatic rings. The zero-order valence-corrected chi connectivity index (χ0v) is 21.6. The molecule has 1 saturated carbocycles. The van der Waals surface area contributed by atoms with Crippen molar-refractivity contribution in [3.63, 3.8) is 0 Å². The van der Waals surface area contributed by atoms with Gasteiger partial charge in [-0.3, -0.25) is 14.4 Å². The molecule has 0 unspecified atom stereocenters. The lowest BCUT2D eigenvalue weighted by Gasteiger charge is -2.29. The quantitative estimate of drug-likeness (QED) is 0.361. The SMILES string of the molecule is CN(Cc1ccco1)C(=O)C1CCC(C(=O)CCCNC(=O)c2cn(-c3ccccc3)nc2C(F)(F)F)CC1. The van der Waals surface area contributed by atoms with Crippen LogP contribution in [0.15, 0.2) is 59.3 Å². The molecule has 0 radical (unpaired) electrons. The predicted octanol–water partition coefficient (Wildman–Crippen LogP) is 5.03. The number of para-hydroxylation sites is 1. The third kappa shape index (κ3) is 7.15. The van der Waals surface area contributed by atoms with Gasteiger partial charge in [0, 0.05) is 38.0 Å². The normalized spacial score (nSPS) is 17.5. The second kappa shape index (κ2) is 12.3. The van der Waals surface area contributed by atoms with Crippen molar-refractivity contribution < 1.29 is 32.0 Å². The van der Waals surface area contributed by atoms with Crippen molar-refractivity contribution in [2.24, 2.45) is 11.8 Å². The molecule has 0 saturated heterocycles. The number of ketones is 1. The van der Waals surface area contributed by atoms with Gasteiger partial charge in [0.25, 0.3) is 5.91 Å². The smallest absolute Gasteiger partial charge is 0.435 e. The van der Waals surface area contributed by atoms with E-state index in [2.05, 4.69) is 10.4 Å². The fraction of sp³-hybridized carbons (Fsp3) is 0.429. The van der Waals surface area contributed by atoms with Gasteiger partial charge in [-0.15, -0.1) is 0 Å². The molecular weight excluding hydrogens is 513 g/mol. The molecule has 1 aromatic carbocycles. The van der Waals surface area contributed by atoms with E-state index in [0.717, 1.165) is 10.9 Å². The number of hydrogen-bond acceptors (Lipinski definition) is 5. The van der Waals surface area contributed by atoms with Gasteiger partial charge in [0.15, 0.2) is 5.69 Å². The molecule has 1 N–H and O–H groups in total. The molecular formula is C28H31F3N4O4. The van der Waals surface area contributed by atoms with E-state index >= 15 is 0 Å². The molecule has 1 aliphatic carbocycles. The largest absolute Gasteiger partial charge is 0.467 e. The molecule has 2 heterocycles. The van der Waals surface area contributed by atoms with E-state index in [1.54, 1.807) is 54.6 Å². The average Bonchev–Trinajstić information content (AvgIpc) is 3.61. The minimum Gasteiger partial charge on any atom is -0.467 e. The van der Waals surface area contributed by atoms with Crippen molar-refractivity contribution in [2.75, 3.05) is 13.6 Å². The van der Waals surface area contributed by atoms with Gasteiger partial charge in [0.2, 0.25) is 5.91 Å². The molecule has 208 valence electrons. The van der Waals surface area contributed by atoms with Gasteiger partial charge in [-0.1, -0.05) is 18.2 Å². The molecule has 0 aliphatic heterocycles. The molecule has 0 atom stereocenters. The summed E-state index contributed by atoms with van der Waals surface area (Å²) in [6.07, 6.45) is 0.824. The summed E-state index contributed by atoms with van der Waals surface area (Å²) in [6.45, 7) is 0.456. The first-order valence-corrected chi connectivity index (χ1v) is 12.9. The summed E-state index contributed by atoms with van der Waals surface area (Å²) in [6, 6.07) is 11.8. The average molecular weight is 545 g/mol. The Labute approximate surface area is 224 Å². The fourth-order valence-electron chi connectivity index (χ4n) is 4.91. The van der Waals surface area contributed by atoms with Crippen LogP contribution in [0.5, 0.6) is 0 Å². The minimum atomic E-state index is -4.80. The second-order valence-electron chi connectivity index (χ2n) is 9.82. The number of benzene rings is 1. The Hall–Kier alpha value is -3.89. The zero-order valence-electron chi connectivity index (χ0n) is 21.6. The molecule has 0 bridgehead atoms. The van der Waals surface area contributed by atoms with Gasteiger partial charge in [0.05, 0.1) is 24.1 Å². The Balaban J connectivity index is 1.22. The van der Waals surface area contributed by atoms with Crippen LogP contribution in [0.2, 0.25) is 0 Å². The third-order valence-corrected chi connectivity index (χ3v) is 7.01. The van der Waals surface area contributed by atoms with Crippen LogP contribution in [0.25, 0.3) is 5.69 Å². The summed E-state index contributed by atoms with van der Waals surface area (Å²) in [5.41, 5.74) is -1.44. The Kier molecular flexibility index (Phi) is 8.88. The predicted molar refractivity (Wildman–Crippen MR) is 136 cm³/mol. The number of aromatic nitrogens is 2. The number of Topliss-reactive ketones (excluding diaryl/α,β-unsaturated/α-hetero) is 1. The molecule has 3 aromatic rings. The van der Waals surface area contributed by atoms with Crippen LogP contribution in [0, 0.1) is 11.8 Å². The number of halogens is 3. The molecule has 11 heteroatoms. The van der Waals surface area contributed by atoms with E-state index in [0.29, 0.717) is 50.1 Å². The first-order chi connectivity index (χ1) is 18.6. The zero-order chi connectivity index (χ0) is 28.0. The number of hydrogen-bond donors (Lipinski definition) is 1. The van der Waals surface area contributed by atoms with Crippen LogP contribution in [0.1, 0.15) is 60.3 Å². The van der Waals surface area contributed by atoms with Crippen LogP contribution in [0.3, 0.4) is 0 Å². The Morgan fingerprint density at radius 1 is 1.05 bits per heavy atom. The van der Waals surface area contributed by atoms with Crippen LogP contribution in [-0.2, 0) is 22.3 Å². The number of alkyl halides is 3. The highest BCUT2D eigenvalue weighted by molar-refractivity contribution is 5.95. The van der Waals surface area contributed by atoms with Crippen LogP contribution in [0.4, 0.5) is 13.2 Å². The van der Waals surface area contributed by atoms with Gasteiger partial charge in [0.1, 0.15) is 11.5 Å². The van der Waals surface area contributed by atoms with E-state index in [1.807, 2.05) is 6.07 Å². The maximum Gasteiger partial charge on any atom is 0.435 e. The van der Waals surface area contributed by atoms with Gasteiger partial charge in [-0.2, -0.15) is 18.3 Å². The number of furan rings is 1. The molecule has 1 fully saturated rings. The number of nitrogens with one attached hydrogen (secondary N) is 1. The molecule has 0 spiro atoms. The second-order valence-corrected chi connectivity index (χ2v) is 9.82. The van der Waals surface area contributed by atoms with Gasteiger partial charge >= 0.3 is 6.18 Å². The first kappa shape index (κ1) is 28.1. The summed E-state index contributed by atoms with van der Waals surface area (Å²) in [5.74, 6) is -0.383. The number of nitrogens with zero attached hydrogens (tertiary/aromatic N) is 3. The standard InChI is InChI=1S/C28H31F3N4O4/c1-34(17-22-9-6-16-39-22)27(38)20-13-11-19(12-14-20)24(36)10-5-15-32-26(37)23-18-35(21-7-3-2-4-8-21)33-25(23)28(29,30)31/h2-4,6-9,16,18-20H,5,10-15,17H2,1H3,(H,32,37). The van der Waals surface area contributed by atoms with E-state index in [-0.39, 0.29) is 36.5 Å². The highest BCUT2D eigenvalue weighted by atomic mass is 19.4. The molecule has 4 rings (SSSR count). The lowest BCUT2D eigenvalue weighted by atomic mass is 9.78. The Morgan fingerprint density at radius 2 is 1.74 bits per heavy atom. The molecule has 2 amide bonds. The highest BCUT2D eigenvalue weighted by Crippen LogP contribution is 2.32. The molecule has 39 heavy (non-hydrogen) atoms. The van der Waals surface area contributed by atoms with E-state index < -0.39 is 23.3 Å². The first-order valence-electron chi connectivity index (χ1n) is 12.9. The number of carbonyl (C=O) groups is 3. The summed E-state index contributed by atoms with van der Waals surface area (Å²) in [4.78, 5) is 39.6. The lowest BCUT2D eigenvalue weighted by Crippen LogP contribution is -2.35. The molecule has 2 aromatic heterocycles. The van der Waals surface area contributed by atoms with Crippen molar-refractivity contribution in [1.29, 1.82) is 0 Å². The van der Waals surface area contributed by atoms with Crippen molar-refractivity contribution in [2.45, 2.75) is 51.2 Å². The Bertz CT molecular complexity index is 1260. The monoisotopic (exact) mass is 544 g/mol. The minimum absolute atomic E-state index is 0.0359. The van der Waals surface area contributed by atoms with Gasteiger partial charge < -0.3 is 14.6 Å². The third-order valence-electron chi connectivity index (χ3n) is 7.01. The Morgan fingerprint density at radius 3 is 2.38 bits per heavy atom. The van der Waals surface area contributed by atoms with Crippen LogP contribution >= 0.6 is 0 Å². The molecule has 8 nitrogen and oxygen atoms in total. The summed E-state index contributed by atoms with van der Waals surface area (Å²) >= 11 is 0. The van der Waals surface area contributed by atoms with Crippen LogP contribution < -0.4 is 5.32 Å². The summed E-state index contributed by atoms with van der Waals surface area (Å²) in [5, 5.41) is 6.07. The van der Waals surface area contributed by atoms with Crippen molar-refractivity contribution in [3.05, 3.63) is 71.9 Å². The maximum atomic E-state index is 13.5. The number of carbonyl (C=O) groups excluding carboxylic acids is 3. The van der Waals surface area contributed by atoms with E-state index in [4.69, 9.17) is 4.42 Å². The van der Waals surface area contributed by atoms with E-state index in [1.165, 1.54) is 0 Å². The van der Waals surface area contributed by atoms with Crippen molar-refractivity contribution in [3.8, 4) is 5.69 Å². The number of rotatable bonds is 10. The van der Waals surface area contributed by atoms with E-state index in [9.17, 15) is 27.6 Å². The fourth-order valence-corrected chi connectivity index (χ4v) is 4.91. The van der Waals surface area contributed by atoms with Gasteiger partial charge in [-0.25, -0.2) is 4.68 Å². The maximum absolute atomic E-state index is 13.5.